The summed E-state index contributed by atoms with van der Waals surface area (Å²) in [6.07, 6.45) is -1.83. The molecule has 0 spiro atoms. The number of para-hydroxylation sites is 1. The number of carboxylic acid groups (broad SMARTS) is 1. The summed E-state index contributed by atoms with van der Waals surface area (Å²) in [5.74, 6) is -4.08. The number of fused-ring (bicyclic) bond motifs is 5. The SMILES string of the molecule is CC[C@@]1(CC(=O)[C@@H](CC(=O)OC(C)(C)C)NC(=O)CCC(=O)O)C(=O)OCc2c1cc1n(c2=O)Cc2cc3ccccc3nc2-1. The summed E-state index contributed by atoms with van der Waals surface area (Å²) in [6, 6.07) is 9.89. The van der Waals surface area contributed by atoms with E-state index in [9.17, 15) is 28.8 Å². The molecule has 3 aromatic rings. The van der Waals surface area contributed by atoms with E-state index in [2.05, 4.69) is 5.32 Å². The second kappa shape index (κ2) is 11.9. The third-order valence-corrected chi connectivity index (χ3v) is 8.19. The average Bonchev–Trinajstić information content (AvgIpc) is 3.32. The summed E-state index contributed by atoms with van der Waals surface area (Å²) in [4.78, 5) is 82.5. The highest BCUT2D eigenvalue weighted by molar-refractivity contribution is 5.98. The summed E-state index contributed by atoms with van der Waals surface area (Å²) < 4.78 is 12.5. The first-order chi connectivity index (χ1) is 21.2. The normalized spacial score (nSPS) is 17.5. The first-order valence-corrected chi connectivity index (χ1v) is 14.8. The number of Topliss-reactive ketones (excluding diaryl/α,β-unsaturated/α-hetero) is 1. The molecule has 0 aliphatic carbocycles. The number of carbonyl (C=O) groups excluding carboxylic acids is 4. The quantitative estimate of drug-likeness (QED) is 0.252. The van der Waals surface area contributed by atoms with E-state index < -0.39 is 72.3 Å². The fraction of sp³-hybridized carbons (Fsp3) is 0.424. The summed E-state index contributed by atoms with van der Waals surface area (Å²) in [5, 5.41) is 12.4. The highest BCUT2D eigenvalue weighted by Gasteiger charge is 2.49. The maximum atomic E-state index is 13.9. The van der Waals surface area contributed by atoms with Crippen molar-refractivity contribution in [3.63, 3.8) is 0 Å². The van der Waals surface area contributed by atoms with Crippen LogP contribution < -0.4 is 10.9 Å². The lowest BCUT2D eigenvalue weighted by atomic mass is 9.70. The molecule has 2 aromatic heterocycles. The zero-order valence-corrected chi connectivity index (χ0v) is 25.6. The van der Waals surface area contributed by atoms with Crippen molar-refractivity contribution in [2.75, 3.05) is 0 Å². The van der Waals surface area contributed by atoms with Crippen molar-refractivity contribution in [2.45, 2.75) is 90.0 Å². The molecule has 2 atom stereocenters. The number of ketones is 1. The van der Waals surface area contributed by atoms with Gasteiger partial charge in [-0.05, 0) is 51.0 Å². The fourth-order valence-electron chi connectivity index (χ4n) is 6.00. The number of nitrogens with one attached hydrogen (secondary N) is 1. The highest BCUT2D eigenvalue weighted by Crippen LogP contribution is 2.42. The molecule has 0 fully saturated rings. The van der Waals surface area contributed by atoms with Gasteiger partial charge in [-0.3, -0.25) is 28.8 Å². The molecule has 236 valence electrons. The lowest BCUT2D eigenvalue weighted by Crippen LogP contribution is -2.50. The Bertz CT molecular complexity index is 1800. The Morgan fingerprint density at radius 1 is 1.13 bits per heavy atom. The van der Waals surface area contributed by atoms with Gasteiger partial charge in [0.15, 0.2) is 5.78 Å². The van der Waals surface area contributed by atoms with Gasteiger partial charge in [0.05, 0.1) is 47.9 Å². The Morgan fingerprint density at radius 3 is 2.56 bits per heavy atom. The Morgan fingerprint density at radius 2 is 1.87 bits per heavy atom. The van der Waals surface area contributed by atoms with E-state index in [1.54, 1.807) is 38.3 Å². The zero-order chi connectivity index (χ0) is 32.7. The summed E-state index contributed by atoms with van der Waals surface area (Å²) in [6.45, 7) is 6.69. The van der Waals surface area contributed by atoms with Crippen molar-refractivity contribution in [1.29, 1.82) is 0 Å². The van der Waals surface area contributed by atoms with Crippen LogP contribution in [0.2, 0.25) is 0 Å². The average molecular weight is 618 g/mol. The van der Waals surface area contributed by atoms with Crippen LogP contribution in [0.25, 0.3) is 22.3 Å². The second-order valence-electron chi connectivity index (χ2n) is 12.5. The zero-order valence-electron chi connectivity index (χ0n) is 25.6. The number of rotatable bonds is 10. The molecule has 0 bridgehead atoms. The molecule has 2 aliphatic heterocycles. The Kier molecular flexibility index (Phi) is 8.35. The van der Waals surface area contributed by atoms with E-state index in [-0.39, 0.29) is 24.2 Å². The van der Waals surface area contributed by atoms with E-state index in [0.717, 1.165) is 16.5 Å². The number of hydrogen-bond donors (Lipinski definition) is 2. The standard InChI is InChI=1S/C33H35N3O9/c1-5-33(15-25(37)23(14-28(41)45-32(2,3)4)34-26(38)10-11-27(39)40)21-13-24-29-19(12-18-8-6-7-9-22(18)35-29)16-36(24)30(42)20(21)17-44-31(33)43/h6-9,12-13,23H,5,10-11,14-17H2,1-4H3,(H,34,38)(H,39,40)/t23-,33+/m1/s1. The van der Waals surface area contributed by atoms with Gasteiger partial charge in [-0.2, -0.15) is 0 Å². The second-order valence-corrected chi connectivity index (χ2v) is 12.5. The summed E-state index contributed by atoms with van der Waals surface area (Å²) in [5.41, 5.74) is 0.513. The van der Waals surface area contributed by atoms with Gasteiger partial charge >= 0.3 is 17.9 Å². The van der Waals surface area contributed by atoms with Crippen molar-refractivity contribution in [1.82, 2.24) is 14.9 Å². The molecular formula is C33H35N3O9. The molecule has 12 heteroatoms. The number of hydrogen-bond acceptors (Lipinski definition) is 9. The third-order valence-electron chi connectivity index (χ3n) is 8.19. The molecule has 0 saturated heterocycles. The van der Waals surface area contributed by atoms with Gasteiger partial charge in [-0.15, -0.1) is 0 Å². The molecule has 1 amide bonds. The minimum absolute atomic E-state index is 0.0809. The molecule has 0 saturated carbocycles. The number of pyridine rings is 2. The Labute approximate surface area is 258 Å². The number of carboxylic acids is 1. The van der Waals surface area contributed by atoms with Gasteiger partial charge in [-0.25, -0.2) is 4.98 Å². The number of cyclic esters (lactones) is 1. The molecular weight excluding hydrogens is 582 g/mol. The van der Waals surface area contributed by atoms with Crippen molar-refractivity contribution < 1.29 is 38.6 Å². The van der Waals surface area contributed by atoms with Gasteiger partial charge in [-0.1, -0.05) is 25.1 Å². The van der Waals surface area contributed by atoms with Gasteiger partial charge in [0.25, 0.3) is 5.56 Å². The summed E-state index contributed by atoms with van der Waals surface area (Å²) in [7, 11) is 0. The van der Waals surface area contributed by atoms with E-state index in [1.807, 2.05) is 30.3 Å². The van der Waals surface area contributed by atoms with E-state index in [0.29, 0.717) is 23.5 Å². The van der Waals surface area contributed by atoms with Crippen LogP contribution >= 0.6 is 0 Å². The largest absolute Gasteiger partial charge is 0.481 e. The smallest absolute Gasteiger partial charge is 0.317 e. The lowest BCUT2D eigenvalue weighted by Gasteiger charge is -2.36. The molecule has 45 heavy (non-hydrogen) atoms. The third kappa shape index (κ3) is 6.22. The van der Waals surface area contributed by atoms with Crippen molar-refractivity contribution in [3.05, 3.63) is 63.4 Å². The molecule has 4 heterocycles. The van der Waals surface area contributed by atoms with Crippen LogP contribution in [0.5, 0.6) is 0 Å². The van der Waals surface area contributed by atoms with Gasteiger partial charge in [0.2, 0.25) is 5.91 Å². The highest BCUT2D eigenvalue weighted by atomic mass is 16.6. The van der Waals surface area contributed by atoms with Gasteiger partial charge in [0.1, 0.15) is 17.6 Å². The molecule has 2 aliphatic rings. The Balaban J connectivity index is 1.53. The van der Waals surface area contributed by atoms with Gasteiger partial charge < -0.3 is 24.5 Å². The maximum Gasteiger partial charge on any atom is 0.317 e. The predicted octanol–water partition coefficient (Wildman–Crippen LogP) is 3.17. The van der Waals surface area contributed by atoms with Crippen molar-refractivity contribution >= 4 is 40.5 Å². The lowest BCUT2D eigenvalue weighted by molar-refractivity contribution is -0.157. The number of benzene rings is 1. The summed E-state index contributed by atoms with van der Waals surface area (Å²) >= 11 is 0. The van der Waals surface area contributed by atoms with Crippen LogP contribution in [-0.4, -0.2) is 55.9 Å². The molecule has 5 rings (SSSR count). The van der Waals surface area contributed by atoms with Crippen LogP contribution in [0.3, 0.4) is 0 Å². The Hall–Kier alpha value is -4.87. The van der Waals surface area contributed by atoms with Crippen molar-refractivity contribution in [2.24, 2.45) is 0 Å². The predicted molar refractivity (Wildman–Crippen MR) is 161 cm³/mol. The van der Waals surface area contributed by atoms with Crippen LogP contribution in [0.15, 0.2) is 41.2 Å². The van der Waals surface area contributed by atoms with Crippen LogP contribution in [0, 0.1) is 0 Å². The molecule has 12 nitrogen and oxygen atoms in total. The minimum atomic E-state index is -1.59. The fourth-order valence-corrected chi connectivity index (χ4v) is 6.00. The van der Waals surface area contributed by atoms with Crippen LogP contribution in [-0.2, 0) is 52.0 Å². The van der Waals surface area contributed by atoms with E-state index in [1.165, 1.54) is 0 Å². The number of aliphatic carboxylic acids is 1. The van der Waals surface area contributed by atoms with Crippen molar-refractivity contribution in [3.8, 4) is 11.4 Å². The maximum absolute atomic E-state index is 13.9. The van der Waals surface area contributed by atoms with Crippen LogP contribution in [0.1, 0.15) is 76.5 Å². The monoisotopic (exact) mass is 617 g/mol. The topological polar surface area (TPSA) is 171 Å². The number of esters is 2. The molecule has 1 aromatic carbocycles. The van der Waals surface area contributed by atoms with Crippen LogP contribution in [0.4, 0.5) is 0 Å². The first kappa shape index (κ1) is 31.6. The molecule has 2 N–H and O–H groups in total. The number of carbonyl (C=O) groups is 5. The van der Waals surface area contributed by atoms with Gasteiger partial charge in [0, 0.05) is 23.8 Å². The minimum Gasteiger partial charge on any atom is -0.481 e. The first-order valence-electron chi connectivity index (χ1n) is 14.8. The number of aromatic nitrogens is 2. The number of amides is 1. The number of nitrogens with zero attached hydrogens (tertiary/aromatic N) is 2. The van der Waals surface area contributed by atoms with E-state index in [4.69, 9.17) is 19.6 Å². The van der Waals surface area contributed by atoms with E-state index >= 15 is 0 Å². The molecule has 0 unspecified atom stereocenters. The number of ether oxygens (including phenoxy) is 2. The molecule has 0 radical (unpaired) electrons.